The average molecular weight is 303 g/mol. The highest BCUT2D eigenvalue weighted by molar-refractivity contribution is 5.94. The topological polar surface area (TPSA) is 73.6 Å². The molecule has 0 saturated heterocycles. The molecule has 0 bridgehead atoms. The summed E-state index contributed by atoms with van der Waals surface area (Å²) in [6.07, 6.45) is 1.13. The normalized spacial score (nSPS) is 13.0. The Morgan fingerprint density at radius 3 is 2.45 bits per heavy atom. The van der Waals surface area contributed by atoms with Crippen molar-refractivity contribution in [2.45, 2.75) is 32.4 Å². The predicted octanol–water partition coefficient (Wildman–Crippen LogP) is 2.20. The first-order chi connectivity index (χ1) is 9.06. The van der Waals surface area contributed by atoms with E-state index in [2.05, 4.69) is 12.2 Å². The largest absolute Gasteiger partial charge is 0.491 e. The zero-order chi connectivity index (χ0) is 14.3. The van der Waals surface area contributed by atoms with Crippen LogP contribution in [0.4, 0.5) is 5.69 Å². The maximum atomic E-state index is 11.7. The van der Waals surface area contributed by atoms with Crippen molar-refractivity contribution in [3.63, 3.8) is 0 Å². The third kappa shape index (κ3) is 6.23. The van der Waals surface area contributed by atoms with E-state index < -0.39 is 6.04 Å². The molecule has 0 saturated carbocycles. The molecule has 0 aliphatic rings. The number of benzene rings is 1. The fourth-order valence-electron chi connectivity index (χ4n) is 1.42. The molecule has 1 aromatic carbocycles. The zero-order valence-electron chi connectivity index (χ0n) is 12.1. The Bertz CT molecular complexity index is 398. The van der Waals surface area contributed by atoms with Crippen molar-refractivity contribution < 1.29 is 14.3 Å². The monoisotopic (exact) mass is 302 g/mol. The quantitative estimate of drug-likeness (QED) is 0.810. The number of methoxy groups -OCH3 is 1. The van der Waals surface area contributed by atoms with Gasteiger partial charge in [0.1, 0.15) is 11.8 Å². The van der Waals surface area contributed by atoms with Crippen LogP contribution in [0.5, 0.6) is 5.75 Å². The molecule has 2 atom stereocenters. The summed E-state index contributed by atoms with van der Waals surface area (Å²) in [6.45, 7) is 4.27. The van der Waals surface area contributed by atoms with E-state index in [0.717, 1.165) is 12.2 Å². The van der Waals surface area contributed by atoms with Crippen molar-refractivity contribution in [3.05, 3.63) is 24.3 Å². The number of rotatable bonds is 7. The van der Waals surface area contributed by atoms with E-state index in [1.54, 1.807) is 12.1 Å². The van der Waals surface area contributed by atoms with E-state index in [0.29, 0.717) is 5.69 Å². The van der Waals surface area contributed by atoms with Gasteiger partial charge in [0.15, 0.2) is 0 Å². The van der Waals surface area contributed by atoms with Crippen LogP contribution >= 0.6 is 12.4 Å². The maximum absolute atomic E-state index is 11.7. The van der Waals surface area contributed by atoms with Crippen LogP contribution in [0, 0.1) is 0 Å². The lowest BCUT2D eigenvalue weighted by atomic mass is 10.2. The second kappa shape index (κ2) is 9.58. The first-order valence-electron chi connectivity index (χ1n) is 6.39. The Morgan fingerprint density at radius 1 is 1.35 bits per heavy atom. The summed E-state index contributed by atoms with van der Waals surface area (Å²) < 4.78 is 10.5. The molecule has 1 rings (SSSR count). The Kier molecular flexibility index (Phi) is 8.96. The van der Waals surface area contributed by atoms with Crippen LogP contribution in [-0.2, 0) is 9.53 Å². The van der Waals surface area contributed by atoms with Gasteiger partial charge in [0.25, 0.3) is 0 Å². The van der Waals surface area contributed by atoms with Crippen molar-refractivity contribution in [2.24, 2.45) is 5.73 Å². The number of nitrogens with two attached hydrogens (primary N) is 1. The minimum absolute atomic E-state index is 0. The molecule has 20 heavy (non-hydrogen) atoms. The van der Waals surface area contributed by atoms with E-state index in [1.165, 1.54) is 7.11 Å². The minimum Gasteiger partial charge on any atom is -0.491 e. The first kappa shape index (κ1) is 18.7. The molecular formula is C14H23ClN2O3. The van der Waals surface area contributed by atoms with Crippen molar-refractivity contribution in [1.82, 2.24) is 0 Å². The van der Waals surface area contributed by atoms with Gasteiger partial charge in [-0.3, -0.25) is 4.79 Å². The summed E-state index contributed by atoms with van der Waals surface area (Å²) in [7, 11) is 1.51. The van der Waals surface area contributed by atoms with Crippen LogP contribution in [0.15, 0.2) is 24.3 Å². The molecule has 0 spiro atoms. The summed E-state index contributed by atoms with van der Waals surface area (Å²) in [5, 5.41) is 2.72. The smallest absolute Gasteiger partial charge is 0.243 e. The number of anilines is 1. The van der Waals surface area contributed by atoms with E-state index in [1.807, 2.05) is 19.1 Å². The van der Waals surface area contributed by atoms with Gasteiger partial charge in [0.2, 0.25) is 5.91 Å². The summed E-state index contributed by atoms with van der Waals surface area (Å²) in [4.78, 5) is 11.7. The Balaban J connectivity index is 0.00000361. The number of nitrogens with one attached hydrogen (secondary N) is 1. The molecule has 114 valence electrons. The van der Waals surface area contributed by atoms with Gasteiger partial charge in [-0.1, -0.05) is 6.92 Å². The number of hydrogen-bond acceptors (Lipinski definition) is 4. The van der Waals surface area contributed by atoms with Crippen molar-refractivity contribution in [2.75, 3.05) is 19.0 Å². The highest BCUT2D eigenvalue weighted by Gasteiger charge is 2.13. The van der Waals surface area contributed by atoms with E-state index >= 15 is 0 Å². The molecule has 0 aromatic heterocycles. The van der Waals surface area contributed by atoms with Gasteiger partial charge in [-0.15, -0.1) is 12.4 Å². The lowest BCUT2D eigenvalue weighted by molar-refractivity contribution is -0.118. The number of carbonyl (C=O) groups is 1. The predicted molar refractivity (Wildman–Crippen MR) is 82.6 cm³/mol. The number of hydrogen-bond donors (Lipinski definition) is 2. The molecule has 2 unspecified atom stereocenters. The second-order valence-electron chi connectivity index (χ2n) is 4.41. The zero-order valence-corrected chi connectivity index (χ0v) is 12.9. The SMILES string of the molecule is CCC(C)Oc1ccc(NC(=O)C(N)COC)cc1.Cl. The summed E-state index contributed by atoms with van der Waals surface area (Å²) >= 11 is 0. The number of carbonyl (C=O) groups excluding carboxylic acids is 1. The molecule has 0 aliphatic heterocycles. The molecule has 1 aromatic rings. The molecule has 0 heterocycles. The van der Waals surface area contributed by atoms with Gasteiger partial charge >= 0.3 is 0 Å². The van der Waals surface area contributed by atoms with Crippen molar-refractivity contribution in [3.8, 4) is 5.75 Å². The maximum Gasteiger partial charge on any atom is 0.243 e. The number of ether oxygens (including phenoxy) is 2. The molecule has 1 amide bonds. The van der Waals surface area contributed by atoms with Crippen LogP contribution < -0.4 is 15.8 Å². The summed E-state index contributed by atoms with van der Waals surface area (Å²) in [6, 6.07) is 6.55. The second-order valence-corrected chi connectivity index (χ2v) is 4.41. The molecule has 5 nitrogen and oxygen atoms in total. The van der Waals surface area contributed by atoms with Crippen molar-refractivity contribution >= 4 is 24.0 Å². The van der Waals surface area contributed by atoms with E-state index in [4.69, 9.17) is 15.2 Å². The molecular weight excluding hydrogens is 280 g/mol. The lowest BCUT2D eigenvalue weighted by Gasteiger charge is -2.14. The van der Waals surface area contributed by atoms with Gasteiger partial charge in [-0.2, -0.15) is 0 Å². The fourth-order valence-corrected chi connectivity index (χ4v) is 1.42. The van der Waals surface area contributed by atoms with Crippen LogP contribution in [0.3, 0.4) is 0 Å². The fraction of sp³-hybridized carbons (Fsp3) is 0.500. The summed E-state index contributed by atoms with van der Waals surface area (Å²) in [5.41, 5.74) is 6.32. The third-order valence-corrected chi connectivity index (χ3v) is 2.72. The highest BCUT2D eigenvalue weighted by Crippen LogP contribution is 2.17. The summed E-state index contributed by atoms with van der Waals surface area (Å²) in [5.74, 6) is 0.519. The van der Waals surface area contributed by atoms with Crippen LogP contribution in [0.2, 0.25) is 0 Å². The van der Waals surface area contributed by atoms with Gasteiger partial charge < -0.3 is 20.5 Å². The van der Waals surface area contributed by atoms with Gasteiger partial charge in [0, 0.05) is 12.8 Å². The molecule has 0 aliphatic carbocycles. The first-order valence-corrected chi connectivity index (χ1v) is 6.39. The molecule has 0 radical (unpaired) electrons. The van der Waals surface area contributed by atoms with Crippen LogP contribution in [0.25, 0.3) is 0 Å². The van der Waals surface area contributed by atoms with Crippen LogP contribution in [-0.4, -0.2) is 31.8 Å². The molecule has 0 fully saturated rings. The Hall–Kier alpha value is -1.30. The highest BCUT2D eigenvalue weighted by atomic mass is 35.5. The molecule has 6 heteroatoms. The Labute approximate surface area is 126 Å². The Morgan fingerprint density at radius 2 is 1.95 bits per heavy atom. The van der Waals surface area contributed by atoms with Gasteiger partial charge in [-0.05, 0) is 37.6 Å². The van der Waals surface area contributed by atoms with E-state index in [-0.39, 0.29) is 31.0 Å². The average Bonchev–Trinajstić information content (AvgIpc) is 2.41. The number of halogens is 1. The minimum atomic E-state index is -0.666. The number of amides is 1. The van der Waals surface area contributed by atoms with Crippen LogP contribution in [0.1, 0.15) is 20.3 Å². The standard InChI is InChI=1S/C14H22N2O3.ClH/c1-4-10(2)19-12-7-5-11(6-8-12)16-14(17)13(15)9-18-3;/h5-8,10,13H,4,9,15H2,1-3H3,(H,16,17);1H. The third-order valence-electron chi connectivity index (χ3n) is 2.72. The lowest BCUT2D eigenvalue weighted by Crippen LogP contribution is -2.39. The van der Waals surface area contributed by atoms with Gasteiger partial charge in [0.05, 0.1) is 12.7 Å². The molecule has 3 N–H and O–H groups in total. The van der Waals surface area contributed by atoms with E-state index in [9.17, 15) is 4.79 Å². The van der Waals surface area contributed by atoms with Gasteiger partial charge in [-0.25, -0.2) is 0 Å². The van der Waals surface area contributed by atoms with Crippen molar-refractivity contribution in [1.29, 1.82) is 0 Å².